The zero-order valence-electron chi connectivity index (χ0n) is 16.5. The molecule has 0 heterocycles. The van der Waals surface area contributed by atoms with E-state index >= 15 is 0 Å². The van der Waals surface area contributed by atoms with Gasteiger partial charge in [0.15, 0.2) is 5.96 Å². The van der Waals surface area contributed by atoms with Crippen LogP contribution in [-0.4, -0.2) is 45.2 Å². The maximum Gasteiger partial charge on any atom is 0.191 e. The van der Waals surface area contributed by atoms with E-state index in [1.807, 2.05) is 51.4 Å². The fraction of sp³-hybridized carbons (Fsp3) is 0.381. The lowest BCUT2D eigenvalue weighted by Crippen LogP contribution is -2.41. The Morgan fingerprint density at radius 3 is 2.59 bits per heavy atom. The molecule has 0 aliphatic carbocycles. The lowest BCUT2D eigenvalue weighted by molar-refractivity contribution is 0.297. The molecule has 0 aliphatic rings. The Hall–Kier alpha value is -2.60. The number of nitrogens with zero attached hydrogens (tertiary/aromatic N) is 2. The van der Waals surface area contributed by atoms with Crippen LogP contribution in [0, 0.1) is 5.82 Å². The van der Waals surface area contributed by atoms with Crippen molar-refractivity contribution in [1.29, 1.82) is 0 Å². The van der Waals surface area contributed by atoms with Crippen LogP contribution >= 0.6 is 0 Å². The normalized spacial score (nSPS) is 12.7. The van der Waals surface area contributed by atoms with Gasteiger partial charge in [-0.15, -0.1) is 0 Å². The van der Waals surface area contributed by atoms with Crippen molar-refractivity contribution in [3.8, 4) is 5.75 Å². The Bertz CT molecular complexity index is 748. The fourth-order valence-corrected chi connectivity index (χ4v) is 2.85. The second kappa shape index (κ2) is 10.5. The van der Waals surface area contributed by atoms with Crippen molar-refractivity contribution in [2.45, 2.75) is 19.5 Å². The summed E-state index contributed by atoms with van der Waals surface area (Å²) >= 11 is 0. The van der Waals surface area contributed by atoms with Gasteiger partial charge in [0.2, 0.25) is 0 Å². The van der Waals surface area contributed by atoms with Gasteiger partial charge in [-0.3, -0.25) is 4.99 Å². The first-order valence-corrected chi connectivity index (χ1v) is 9.12. The van der Waals surface area contributed by atoms with E-state index in [1.165, 1.54) is 6.07 Å². The summed E-state index contributed by atoms with van der Waals surface area (Å²) in [6.45, 7) is 3.80. The summed E-state index contributed by atoms with van der Waals surface area (Å²) in [6.07, 6.45) is 0. The van der Waals surface area contributed by atoms with Gasteiger partial charge < -0.3 is 20.3 Å². The van der Waals surface area contributed by atoms with Crippen molar-refractivity contribution in [2.24, 2.45) is 4.99 Å². The van der Waals surface area contributed by atoms with E-state index in [0.29, 0.717) is 25.7 Å². The number of rotatable bonds is 8. The zero-order valence-corrected chi connectivity index (χ0v) is 16.5. The van der Waals surface area contributed by atoms with E-state index in [4.69, 9.17) is 4.74 Å². The predicted molar refractivity (Wildman–Crippen MR) is 109 cm³/mol. The van der Waals surface area contributed by atoms with Gasteiger partial charge in [-0.1, -0.05) is 30.3 Å². The summed E-state index contributed by atoms with van der Waals surface area (Å²) in [7, 11) is 5.69. The van der Waals surface area contributed by atoms with Crippen molar-refractivity contribution >= 4 is 5.96 Å². The maximum atomic E-state index is 13.6. The van der Waals surface area contributed by atoms with E-state index in [1.54, 1.807) is 19.2 Å². The summed E-state index contributed by atoms with van der Waals surface area (Å²) in [4.78, 5) is 6.34. The molecule has 6 heteroatoms. The van der Waals surface area contributed by atoms with Crippen LogP contribution in [0.15, 0.2) is 53.5 Å². The molecule has 2 aromatic rings. The Morgan fingerprint density at radius 1 is 1.15 bits per heavy atom. The van der Waals surface area contributed by atoms with E-state index in [2.05, 4.69) is 20.5 Å². The summed E-state index contributed by atoms with van der Waals surface area (Å²) in [6, 6.07) is 14.7. The molecule has 0 aromatic heterocycles. The standard InChI is InChI=1S/C21H29FN4O/c1-5-27-20-12-7-6-9-17(20)14-24-21(23-2)25-15-19(26(3)4)16-10-8-11-18(22)13-16/h6-13,19H,5,14-15H2,1-4H3,(H2,23,24,25). The molecular weight excluding hydrogens is 343 g/mol. The summed E-state index contributed by atoms with van der Waals surface area (Å²) in [5.41, 5.74) is 1.99. The second-order valence-electron chi connectivity index (χ2n) is 6.38. The van der Waals surface area contributed by atoms with Crippen LogP contribution < -0.4 is 15.4 Å². The topological polar surface area (TPSA) is 48.9 Å². The number of guanidine groups is 1. The Balaban J connectivity index is 1.98. The molecule has 0 spiro atoms. The van der Waals surface area contributed by atoms with Crippen LogP contribution in [0.1, 0.15) is 24.1 Å². The van der Waals surface area contributed by atoms with Crippen molar-refractivity contribution in [2.75, 3.05) is 34.3 Å². The first-order valence-electron chi connectivity index (χ1n) is 9.12. The van der Waals surface area contributed by atoms with Crippen molar-refractivity contribution in [1.82, 2.24) is 15.5 Å². The molecule has 2 N–H and O–H groups in total. The van der Waals surface area contributed by atoms with E-state index in [9.17, 15) is 4.39 Å². The molecule has 1 atom stereocenters. The minimum Gasteiger partial charge on any atom is -0.494 e. The predicted octanol–water partition coefficient (Wildman–Crippen LogP) is 3.19. The van der Waals surface area contributed by atoms with Crippen molar-refractivity contribution in [3.63, 3.8) is 0 Å². The highest BCUT2D eigenvalue weighted by molar-refractivity contribution is 5.79. The minimum absolute atomic E-state index is 0.0231. The molecule has 0 aliphatic heterocycles. The SMILES string of the molecule is CCOc1ccccc1CNC(=NC)NCC(c1cccc(F)c1)N(C)C. The van der Waals surface area contributed by atoms with E-state index < -0.39 is 0 Å². The number of hydrogen-bond donors (Lipinski definition) is 2. The van der Waals surface area contributed by atoms with Gasteiger partial charge in [0.1, 0.15) is 11.6 Å². The minimum atomic E-state index is -0.227. The number of halogens is 1. The number of likely N-dealkylation sites (N-methyl/N-ethyl adjacent to an activating group) is 1. The number of benzene rings is 2. The largest absolute Gasteiger partial charge is 0.494 e. The van der Waals surface area contributed by atoms with E-state index in [-0.39, 0.29) is 11.9 Å². The highest BCUT2D eigenvalue weighted by Gasteiger charge is 2.15. The third-order valence-electron chi connectivity index (χ3n) is 4.26. The van der Waals surface area contributed by atoms with Crippen molar-refractivity contribution < 1.29 is 9.13 Å². The van der Waals surface area contributed by atoms with Crippen molar-refractivity contribution in [3.05, 3.63) is 65.5 Å². The molecule has 0 fully saturated rings. The molecule has 5 nitrogen and oxygen atoms in total. The van der Waals surface area contributed by atoms with Gasteiger partial charge in [-0.25, -0.2) is 4.39 Å². The molecule has 1 unspecified atom stereocenters. The van der Waals surface area contributed by atoms with Crippen LogP contribution in [0.25, 0.3) is 0 Å². The van der Waals surface area contributed by atoms with Gasteiger partial charge in [0, 0.05) is 25.7 Å². The van der Waals surface area contributed by atoms with Gasteiger partial charge in [0.25, 0.3) is 0 Å². The van der Waals surface area contributed by atoms with Crippen LogP contribution in [0.2, 0.25) is 0 Å². The summed E-state index contributed by atoms with van der Waals surface area (Å²) in [5.74, 6) is 1.33. The highest BCUT2D eigenvalue weighted by Crippen LogP contribution is 2.19. The Kier molecular flexibility index (Phi) is 8.07. The molecular formula is C21H29FN4O. The molecule has 27 heavy (non-hydrogen) atoms. The van der Waals surface area contributed by atoms with Gasteiger partial charge in [-0.05, 0) is 44.8 Å². The maximum absolute atomic E-state index is 13.6. The zero-order chi connectivity index (χ0) is 19.6. The lowest BCUT2D eigenvalue weighted by Gasteiger charge is -2.26. The molecule has 2 rings (SSSR count). The molecule has 0 radical (unpaired) electrons. The Labute approximate surface area is 161 Å². The smallest absolute Gasteiger partial charge is 0.191 e. The van der Waals surface area contributed by atoms with Crippen LogP contribution in [0.3, 0.4) is 0 Å². The molecule has 0 saturated heterocycles. The van der Waals surface area contributed by atoms with Gasteiger partial charge >= 0.3 is 0 Å². The molecule has 0 amide bonds. The number of aliphatic imine (C=N–C) groups is 1. The molecule has 0 bridgehead atoms. The summed E-state index contributed by atoms with van der Waals surface area (Å²) < 4.78 is 19.2. The van der Waals surface area contributed by atoms with Crippen LogP contribution in [0.5, 0.6) is 5.75 Å². The average molecular weight is 372 g/mol. The third-order valence-corrected chi connectivity index (χ3v) is 4.26. The van der Waals surface area contributed by atoms with Gasteiger partial charge in [0.05, 0.1) is 12.6 Å². The second-order valence-corrected chi connectivity index (χ2v) is 6.38. The number of ether oxygens (including phenoxy) is 1. The van der Waals surface area contributed by atoms with Crippen LogP contribution in [-0.2, 0) is 6.54 Å². The quantitative estimate of drug-likeness (QED) is 0.552. The van der Waals surface area contributed by atoms with E-state index in [0.717, 1.165) is 16.9 Å². The highest BCUT2D eigenvalue weighted by atomic mass is 19.1. The molecule has 0 saturated carbocycles. The number of nitrogens with one attached hydrogen (secondary N) is 2. The summed E-state index contributed by atoms with van der Waals surface area (Å²) in [5, 5.41) is 6.63. The number of hydrogen-bond acceptors (Lipinski definition) is 3. The lowest BCUT2D eigenvalue weighted by atomic mass is 10.1. The first kappa shape index (κ1) is 20.7. The number of para-hydroxylation sites is 1. The third kappa shape index (κ3) is 6.25. The monoisotopic (exact) mass is 372 g/mol. The average Bonchev–Trinajstić information content (AvgIpc) is 2.65. The first-order chi connectivity index (χ1) is 13.0. The molecule has 2 aromatic carbocycles. The Morgan fingerprint density at radius 2 is 1.93 bits per heavy atom. The van der Waals surface area contributed by atoms with Gasteiger partial charge in [-0.2, -0.15) is 0 Å². The van der Waals surface area contributed by atoms with Crippen LogP contribution in [0.4, 0.5) is 4.39 Å². The molecule has 146 valence electrons. The fourth-order valence-electron chi connectivity index (χ4n) is 2.85.